The zero-order valence-electron chi connectivity index (χ0n) is 11.8. The van der Waals surface area contributed by atoms with Gasteiger partial charge in [0, 0.05) is 18.5 Å². The van der Waals surface area contributed by atoms with Crippen molar-refractivity contribution in [3.63, 3.8) is 0 Å². The topological polar surface area (TPSA) is 41.6 Å². The van der Waals surface area contributed by atoms with Crippen molar-refractivity contribution < 1.29 is 4.39 Å². The Bertz CT molecular complexity index is 502. The van der Waals surface area contributed by atoms with E-state index in [1.165, 1.54) is 25.3 Å². The van der Waals surface area contributed by atoms with Crippen molar-refractivity contribution in [2.45, 2.75) is 37.5 Å². The number of nitrogens with zero attached hydrogens (tertiary/aromatic N) is 2. The minimum absolute atomic E-state index is 0.0303. The first-order valence-electron chi connectivity index (χ1n) is 7.51. The van der Waals surface area contributed by atoms with Crippen LogP contribution in [0.3, 0.4) is 0 Å². The normalized spacial score (nSPS) is 21.9. The summed E-state index contributed by atoms with van der Waals surface area (Å²) in [4.78, 5) is 6.76. The molecule has 0 amide bonds. The fraction of sp³-hybridized carbons (Fsp3) is 0.562. The Kier molecular flexibility index (Phi) is 3.64. The third-order valence-electron chi connectivity index (χ3n) is 4.51. The number of piperidine rings is 1. The van der Waals surface area contributed by atoms with Gasteiger partial charge in [0.15, 0.2) is 5.96 Å². The number of hydrogen-bond donors (Lipinski definition) is 1. The lowest BCUT2D eigenvalue weighted by Gasteiger charge is -2.28. The summed E-state index contributed by atoms with van der Waals surface area (Å²) < 4.78 is 13.3. The molecule has 0 aromatic heterocycles. The largest absolute Gasteiger partial charge is 0.370 e. The van der Waals surface area contributed by atoms with Crippen LogP contribution in [0.2, 0.25) is 0 Å². The van der Waals surface area contributed by atoms with E-state index in [9.17, 15) is 4.39 Å². The van der Waals surface area contributed by atoms with Crippen molar-refractivity contribution in [3.05, 3.63) is 35.6 Å². The van der Waals surface area contributed by atoms with E-state index in [2.05, 4.69) is 9.89 Å². The molecule has 1 saturated carbocycles. The number of guanidine groups is 1. The maximum absolute atomic E-state index is 13.3. The van der Waals surface area contributed by atoms with Crippen molar-refractivity contribution in [1.29, 1.82) is 0 Å². The maximum atomic E-state index is 13.3. The molecular formula is C16H22FN3. The van der Waals surface area contributed by atoms with Gasteiger partial charge in [-0.2, -0.15) is 0 Å². The molecule has 4 heteroatoms. The van der Waals surface area contributed by atoms with Gasteiger partial charge >= 0.3 is 0 Å². The molecule has 2 N–H and O–H groups in total. The van der Waals surface area contributed by atoms with Crippen LogP contribution in [-0.4, -0.2) is 30.5 Å². The van der Waals surface area contributed by atoms with Crippen molar-refractivity contribution in [1.82, 2.24) is 4.90 Å². The maximum Gasteiger partial charge on any atom is 0.191 e. The predicted molar refractivity (Wildman–Crippen MR) is 79.2 cm³/mol. The molecule has 0 radical (unpaired) electrons. The summed E-state index contributed by atoms with van der Waals surface area (Å²) in [5.74, 6) is 0.495. The number of aliphatic imine (C=N–C) groups is 1. The van der Waals surface area contributed by atoms with Crippen molar-refractivity contribution in [2.24, 2.45) is 10.7 Å². The van der Waals surface area contributed by atoms with E-state index in [-0.39, 0.29) is 11.2 Å². The average molecular weight is 275 g/mol. The van der Waals surface area contributed by atoms with Gasteiger partial charge in [0.05, 0.1) is 6.54 Å². The fourth-order valence-corrected chi connectivity index (χ4v) is 2.96. The SMILES string of the molecule is NC(=NCC1(c2cccc(F)c2)CC1)N1CCCCC1. The number of benzene rings is 1. The lowest BCUT2D eigenvalue weighted by Crippen LogP contribution is -2.41. The molecule has 0 bridgehead atoms. The fourth-order valence-electron chi connectivity index (χ4n) is 2.96. The first kappa shape index (κ1) is 13.4. The molecule has 20 heavy (non-hydrogen) atoms. The van der Waals surface area contributed by atoms with Crippen LogP contribution in [0.25, 0.3) is 0 Å². The molecule has 2 fully saturated rings. The van der Waals surface area contributed by atoms with E-state index in [1.807, 2.05) is 6.07 Å². The molecule has 1 saturated heterocycles. The molecule has 1 aromatic carbocycles. The van der Waals surface area contributed by atoms with Gasteiger partial charge in [0.1, 0.15) is 5.82 Å². The molecule has 3 rings (SSSR count). The Morgan fingerprint density at radius 3 is 2.65 bits per heavy atom. The van der Waals surface area contributed by atoms with E-state index in [0.717, 1.165) is 31.5 Å². The molecule has 0 atom stereocenters. The van der Waals surface area contributed by atoms with Gasteiger partial charge < -0.3 is 10.6 Å². The van der Waals surface area contributed by atoms with Crippen LogP contribution in [0, 0.1) is 5.82 Å². The number of rotatable bonds is 3. The molecule has 0 unspecified atom stereocenters. The first-order valence-corrected chi connectivity index (χ1v) is 7.51. The van der Waals surface area contributed by atoms with Crippen molar-refractivity contribution in [2.75, 3.05) is 19.6 Å². The van der Waals surface area contributed by atoms with Gasteiger partial charge in [-0.1, -0.05) is 12.1 Å². The second-order valence-electron chi connectivity index (χ2n) is 6.01. The minimum Gasteiger partial charge on any atom is -0.370 e. The van der Waals surface area contributed by atoms with Crippen LogP contribution < -0.4 is 5.73 Å². The quantitative estimate of drug-likeness (QED) is 0.680. The summed E-state index contributed by atoms with van der Waals surface area (Å²) in [6.45, 7) is 2.71. The molecule has 1 heterocycles. The highest BCUT2D eigenvalue weighted by Gasteiger charge is 2.44. The molecule has 1 aliphatic carbocycles. The molecule has 1 aliphatic heterocycles. The highest BCUT2D eigenvalue weighted by molar-refractivity contribution is 5.78. The summed E-state index contributed by atoms with van der Waals surface area (Å²) in [5.41, 5.74) is 7.19. The minimum atomic E-state index is -0.165. The van der Waals surface area contributed by atoms with Crippen LogP contribution in [0.15, 0.2) is 29.3 Å². The first-order chi connectivity index (χ1) is 9.70. The molecule has 1 aromatic rings. The second-order valence-corrected chi connectivity index (χ2v) is 6.01. The number of nitrogens with two attached hydrogens (primary N) is 1. The number of likely N-dealkylation sites (tertiary alicyclic amines) is 1. The lowest BCUT2D eigenvalue weighted by molar-refractivity contribution is 0.337. The average Bonchev–Trinajstić information content (AvgIpc) is 3.27. The molecule has 3 nitrogen and oxygen atoms in total. The smallest absolute Gasteiger partial charge is 0.191 e. The lowest BCUT2D eigenvalue weighted by atomic mass is 9.96. The Hall–Kier alpha value is -1.58. The molecule has 0 spiro atoms. The standard InChI is InChI=1S/C16H22FN3/c17-14-6-4-5-13(11-14)16(7-8-16)12-19-15(18)20-9-2-1-3-10-20/h4-6,11H,1-3,7-10,12H2,(H2,18,19). The van der Waals surface area contributed by atoms with E-state index in [0.29, 0.717) is 12.5 Å². The number of hydrogen-bond acceptors (Lipinski definition) is 1. The van der Waals surface area contributed by atoms with Crippen LogP contribution in [0.5, 0.6) is 0 Å². The Balaban J connectivity index is 1.68. The Labute approximate surface area is 119 Å². The summed E-state index contributed by atoms with van der Waals surface area (Å²) in [6.07, 6.45) is 5.84. The van der Waals surface area contributed by atoms with E-state index in [4.69, 9.17) is 5.73 Å². The van der Waals surface area contributed by atoms with Gasteiger partial charge in [-0.25, -0.2) is 4.39 Å². The van der Waals surface area contributed by atoms with Gasteiger partial charge in [-0.3, -0.25) is 4.99 Å². The monoisotopic (exact) mass is 275 g/mol. The highest BCUT2D eigenvalue weighted by atomic mass is 19.1. The van der Waals surface area contributed by atoms with Crippen LogP contribution >= 0.6 is 0 Å². The van der Waals surface area contributed by atoms with Gasteiger partial charge in [-0.15, -0.1) is 0 Å². The van der Waals surface area contributed by atoms with Crippen molar-refractivity contribution in [3.8, 4) is 0 Å². The highest BCUT2D eigenvalue weighted by Crippen LogP contribution is 2.48. The van der Waals surface area contributed by atoms with Crippen LogP contribution in [-0.2, 0) is 5.41 Å². The van der Waals surface area contributed by atoms with E-state index < -0.39 is 0 Å². The van der Waals surface area contributed by atoms with Gasteiger partial charge in [-0.05, 0) is 49.8 Å². The molecular weight excluding hydrogens is 253 g/mol. The van der Waals surface area contributed by atoms with E-state index in [1.54, 1.807) is 12.1 Å². The summed E-state index contributed by atoms with van der Waals surface area (Å²) in [6, 6.07) is 6.91. The van der Waals surface area contributed by atoms with Gasteiger partial charge in [0.2, 0.25) is 0 Å². The Morgan fingerprint density at radius 2 is 2.00 bits per heavy atom. The second kappa shape index (κ2) is 5.43. The van der Waals surface area contributed by atoms with Crippen LogP contribution in [0.1, 0.15) is 37.7 Å². The molecule has 108 valence electrons. The summed E-state index contributed by atoms with van der Waals surface area (Å²) >= 11 is 0. The third-order valence-corrected chi connectivity index (χ3v) is 4.51. The van der Waals surface area contributed by atoms with Gasteiger partial charge in [0.25, 0.3) is 0 Å². The predicted octanol–water partition coefficient (Wildman–Crippen LogP) is 2.66. The molecule has 2 aliphatic rings. The zero-order chi connectivity index (χ0) is 14.0. The third kappa shape index (κ3) is 2.79. The van der Waals surface area contributed by atoms with Crippen molar-refractivity contribution >= 4 is 5.96 Å². The zero-order valence-corrected chi connectivity index (χ0v) is 11.8. The summed E-state index contributed by atoms with van der Waals surface area (Å²) in [5, 5.41) is 0. The Morgan fingerprint density at radius 1 is 1.25 bits per heavy atom. The number of halogens is 1. The van der Waals surface area contributed by atoms with E-state index >= 15 is 0 Å². The van der Waals surface area contributed by atoms with Crippen LogP contribution in [0.4, 0.5) is 4.39 Å². The summed E-state index contributed by atoms with van der Waals surface area (Å²) in [7, 11) is 0.